The van der Waals surface area contributed by atoms with Crippen molar-refractivity contribution in [2.24, 2.45) is 17.3 Å². The average molecular weight is 210 g/mol. The first kappa shape index (κ1) is 11.4. The predicted molar refractivity (Wildman–Crippen MR) is 65.0 cm³/mol. The molecule has 2 atom stereocenters. The van der Waals surface area contributed by atoms with Gasteiger partial charge in [0.1, 0.15) is 0 Å². The van der Waals surface area contributed by atoms with Gasteiger partial charge in [-0.2, -0.15) is 0 Å². The Morgan fingerprint density at radius 2 is 2.00 bits per heavy atom. The molecular weight excluding hydrogens is 184 g/mol. The highest BCUT2D eigenvalue weighted by Gasteiger charge is 2.29. The van der Waals surface area contributed by atoms with Crippen LogP contribution < -0.4 is 10.6 Å². The molecule has 1 aliphatic heterocycles. The fourth-order valence-electron chi connectivity index (χ4n) is 3.10. The maximum absolute atomic E-state index is 3.70. The normalized spacial score (nSPS) is 34.8. The van der Waals surface area contributed by atoms with Crippen molar-refractivity contribution in [1.82, 2.24) is 10.6 Å². The minimum absolute atomic E-state index is 0.606. The Morgan fingerprint density at radius 1 is 1.27 bits per heavy atom. The molecule has 2 rings (SSSR count). The van der Waals surface area contributed by atoms with Gasteiger partial charge in [-0.25, -0.2) is 0 Å². The molecule has 2 N–H and O–H groups in total. The molecule has 15 heavy (non-hydrogen) atoms. The Bertz CT molecular complexity index is 197. The molecular formula is C13H26N2. The highest BCUT2D eigenvalue weighted by molar-refractivity contribution is 4.84. The van der Waals surface area contributed by atoms with Gasteiger partial charge in [0.15, 0.2) is 0 Å². The third-order valence-corrected chi connectivity index (χ3v) is 4.45. The standard InChI is InChI=1S/C13H26N2/c1-11-7-14-8-12(11)9-15-10-13(2)5-3-4-6-13/h11-12,14-15H,3-10H2,1-2H3. The van der Waals surface area contributed by atoms with Crippen LogP contribution in [0.15, 0.2) is 0 Å². The summed E-state index contributed by atoms with van der Waals surface area (Å²) in [4.78, 5) is 0. The summed E-state index contributed by atoms with van der Waals surface area (Å²) < 4.78 is 0. The van der Waals surface area contributed by atoms with Gasteiger partial charge in [0.05, 0.1) is 0 Å². The predicted octanol–water partition coefficient (Wildman–Crippen LogP) is 2.01. The quantitative estimate of drug-likeness (QED) is 0.742. The lowest BCUT2D eigenvalue weighted by Crippen LogP contribution is -2.34. The molecule has 2 fully saturated rings. The van der Waals surface area contributed by atoms with Crippen LogP contribution in [0.1, 0.15) is 39.5 Å². The Labute approximate surface area is 94.2 Å². The van der Waals surface area contributed by atoms with Crippen LogP contribution in [0.3, 0.4) is 0 Å². The minimum atomic E-state index is 0.606. The van der Waals surface area contributed by atoms with Crippen molar-refractivity contribution in [2.45, 2.75) is 39.5 Å². The van der Waals surface area contributed by atoms with Gasteiger partial charge in [-0.05, 0) is 49.7 Å². The van der Waals surface area contributed by atoms with Gasteiger partial charge >= 0.3 is 0 Å². The van der Waals surface area contributed by atoms with E-state index in [2.05, 4.69) is 24.5 Å². The first-order valence-electron chi connectivity index (χ1n) is 6.61. The summed E-state index contributed by atoms with van der Waals surface area (Å²) in [6, 6.07) is 0. The molecule has 1 heterocycles. The third-order valence-electron chi connectivity index (χ3n) is 4.45. The lowest BCUT2D eigenvalue weighted by atomic mass is 9.88. The largest absolute Gasteiger partial charge is 0.316 e. The monoisotopic (exact) mass is 210 g/mol. The summed E-state index contributed by atoms with van der Waals surface area (Å²) in [5, 5.41) is 7.17. The van der Waals surface area contributed by atoms with E-state index < -0.39 is 0 Å². The maximum atomic E-state index is 3.70. The molecule has 2 unspecified atom stereocenters. The maximum Gasteiger partial charge on any atom is 0.000529 e. The lowest BCUT2D eigenvalue weighted by Gasteiger charge is -2.25. The van der Waals surface area contributed by atoms with Crippen molar-refractivity contribution in [3.63, 3.8) is 0 Å². The first-order valence-corrected chi connectivity index (χ1v) is 6.61. The summed E-state index contributed by atoms with van der Waals surface area (Å²) >= 11 is 0. The highest BCUT2D eigenvalue weighted by atomic mass is 15.0. The molecule has 88 valence electrons. The van der Waals surface area contributed by atoms with E-state index in [9.17, 15) is 0 Å². The zero-order chi connectivity index (χ0) is 10.7. The zero-order valence-corrected chi connectivity index (χ0v) is 10.3. The van der Waals surface area contributed by atoms with E-state index in [-0.39, 0.29) is 0 Å². The van der Waals surface area contributed by atoms with Crippen molar-refractivity contribution in [2.75, 3.05) is 26.2 Å². The fraction of sp³-hybridized carbons (Fsp3) is 1.00. The molecule has 1 saturated carbocycles. The van der Waals surface area contributed by atoms with Crippen molar-refractivity contribution >= 4 is 0 Å². The SMILES string of the molecule is CC1CNCC1CNCC1(C)CCCC1. The van der Waals surface area contributed by atoms with Crippen molar-refractivity contribution in [1.29, 1.82) is 0 Å². The van der Waals surface area contributed by atoms with Gasteiger partial charge in [0.25, 0.3) is 0 Å². The van der Waals surface area contributed by atoms with Gasteiger partial charge in [-0.15, -0.1) is 0 Å². The smallest absolute Gasteiger partial charge is 0.000529 e. The molecule has 0 bridgehead atoms. The van der Waals surface area contributed by atoms with Crippen LogP contribution in [-0.4, -0.2) is 26.2 Å². The average Bonchev–Trinajstić information content (AvgIpc) is 2.78. The molecule has 2 aliphatic rings. The van der Waals surface area contributed by atoms with E-state index in [0.29, 0.717) is 5.41 Å². The summed E-state index contributed by atoms with van der Waals surface area (Å²) in [6.45, 7) is 9.68. The van der Waals surface area contributed by atoms with Crippen molar-refractivity contribution < 1.29 is 0 Å². The van der Waals surface area contributed by atoms with Gasteiger partial charge in [-0.1, -0.05) is 26.7 Å². The molecule has 0 radical (unpaired) electrons. The molecule has 0 amide bonds. The lowest BCUT2D eigenvalue weighted by molar-refractivity contribution is 0.298. The van der Waals surface area contributed by atoms with E-state index >= 15 is 0 Å². The Balaban J connectivity index is 1.65. The van der Waals surface area contributed by atoms with Crippen LogP contribution >= 0.6 is 0 Å². The van der Waals surface area contributed by atoms with Crippen LogP contribution in [0.2, 0.25) is 0 Å². The van der Waals surface area contributed by atoms with E-state index in [1.165, 1.54) is 51.9 Å². The second kappa shape index (κ2) is 4.84. The number of hydrogen-bond acceptors (Lipinski definition) is 2. The first-order chi connectivity index (χ1) is 7.20. The van der Waals surface area contributed by atoms with Gasteiger partial charge in [-0.3, -0.25) is 0 Å². The Morgan fingerprint density at radius 3 is 2.60 bits per heavy atom. The fourth-order valence-corrected chi connectivity index (χ4v) is 3.10. The molecule has 2 nitrogen and oxygen atoms in total. The molecule has 0 aromatic carbocycles. The Hall–Kier alpha value is -0.0800. The summed E-state index contributed by atoms with van der Waals surface area (Å²) in [5.74, 6) is 1.71. The number of nitrogens with one attached hydrogen (secondary N) is 2. The van der Waals surface area contributed by atoms with Crippen LogP contribution in [0.25, 0.3) is 0 Å². The van der Waals surface area contributed by atoms with Crippen LogP contribution in [0.5, 0.6) is 0 Å². The summed E-state index contributed by atoms with van der Waals surface area (Å²) in [7, 11) is 0. The third kappa shape index (κ3) is 2.94. The van der Waals surface area contributed by atoms with Crippen LogP contribution in [0, 0.1) is 17.3 Å². The molecule has 2 heteroatoms. The molecule has 0 aromatic rings. The van der Waals surface area contributed by atoms with Gasteiger partial charge < -0.3 is 10.6 Å². The minimum Gasteiger partial charge on any atom is -0.316 e. The molecule has 0 aromatic heterocycles. The molecule has 1 aliphatic carbocycles. The topological polar surface area (TPSA) is 24.1 Å². The molecule has 0 spiro atoms. The van der Waals surface area contributed by atoms with Crippen LogP contribution in [-0.2, 0) is 0 Å². The second-order valence-electron chi connectivity index (χ2n) is 6.04. The zero-order valence-electron chi connectivity index (χ0n) is 10.3. The van der Waals surface area contributed by atoms with Gasteiger partial charge in [0.2, 0.25) is 0 Å². The summed E-state index contributed by atoms with van der Waals surface area (Å²) in [6.07, 6.45) is 5.75. The van der Waals surface area contributed by atoms with Crippen LogP contribution in [0.4, 0.5) is 0 Å². The van der Waals surface area contributed by atoms with E-state index in [1.807, 2.05) is 0 Å². The number of hydrogen-bond donors (Lipinski definition) is 2. The van der Waals surface area contributed by atoms with E-state index in [4.69, 9.17) is 0 Å². The van der Waals surface area contributed by atoms with Gasteiger partial charge in [0, 0.05) is 6.54 Å². The van der Waals surface area contributed by atoms with Crippen molar-refractivity contribution in [3.05, 3.63) is 0 Å². The van der Waals surface area contributed by atoms with E-state index in [1.54, 1.807) is 0 Å². The Kier molecular flexibility index (Phi) is 3.68. The number of rotatable bonds is 4. The highest BCUT2D eigenvalue weighted by Crippen LogP contribution is 2.36. The van der Waals surface area contributed by atoms with Crippen molar-refractivity contribution in [3.8, 4) is 0 Å². The second-order valence-corrected chi connectivity index (χ2v) is 6.04. The molecule has 1 saturated heterocycles. The summed E-state index contributed by atoms with van der Waals surface area (Å²) in [5.41, 5.74) is 0.606. The van der Waals surface area contributed by atoms with E-state index in [0.717, 1.165) is 11.8 Å².